The minimum atomic E-state index is -0.751. The maximum Gasteiger partial charge on any atom is 0.342 e. The number of fused-ring (bicyclic) bond motifs is 1. The highest BCUT2D eigenvalue weighted by molar-refractivity contribution is 5.94. The van der Waals surface area contributed by atoms with E-state index in [-0.39, 0.29) is 23.3 Å². The molecule has 30 heavy (non-hydrogen) atoms. The van der Waals surface area contributed by atoms with Gasteiger partial charge in [0.25, 0.3) is 5.91 Å². The number of esters is 1. The number of ether oxygens (including phenoxy) is 3. The highest BCUT2D eigenvalue weighted by atomic mass is 16.5. The molecule has 0 aliphatic carbocycles. The third kappa shape index (κ3) is 5.23. The normalized spacial score (nSPS) is 14.0. The molecule has 1 atom stereocenters. The lowest BCUT2D eigenvalue weighted by atomic mass is 9.95. The van der Waals surface area contributed by atoms with Crippen LogP contribution in [0.4, 0.5) is 0 Å². The van der Waals surface area contributed by atoms with E-state index < -0.39 is 18.5 Å². The Morgan fingerprint density at radius 2 is 1.83 bits per heavy atom. The molecule has 1 amide bonds. The summed E-state index contributed by atoms with van der Waals surface area (Å²) in [6, 6.07) is 9.96. The largest absolute Gasteiger partial charge is 0.507 e. The van der Waals surface area contributed by atoms with Crippen LogP contribution in [0.15, 0.2) is 36.4 Å². The zero-order valence-corrected chi connectivity index (χ0v) is 17.4. The number of carbonyl (C=O) groups excluding carboxylic acids is 2. The lowest BCUT2D eigenvalue weighted by molar-refractivity contribution is -0.125. The van der Waals surface area contributed by atoms with Gasteiger partial charge in [-0.15, -0.1) is 0 Å². The number of nitrogens with one attached hydrogen (secondary N) is 1. The number of benzene rings is 2. The number of rotatable bonds is 6. The zero-order valence-electron chi connectivity index (χ0n) is 17.4. The van der Waals surface area contributed by atoms with Crippen LogP contribution in [0.2, 0.25) is 0 Å². The van der Waals surface area contributed by atoms with Crippen LogP contribution >= 0.6 is 0 Å². The van der Waals surface area contributed by atoms with Crippen LogP contribution in [0, 0.1) is 12.8 Å². The lowest BCUT2D eigenvalue weighted by Gasteiger charge is -2.24. The van der Waals surface area contributed by atoms with Crippen LogP contribution in [-0.4, -0.2) is 36.8 Å². The van der Waals surface area contributed by atoms with Crippen molar-refractivity contribution in [2.24, 2.45) is 5.92 Å². The molecule has 1 aliphatic rings. The number of phenolic OH excluding ortho intramolecular Hbond substituents is 1. The number of amides is 1. The Kier molecular flexibility index (Phi) is 6.82. The Balaban J connectivity index is 1.64. The first-order valence-electron chi connectivity index (χ1n) is 10.0. The molecule has 0 saturated heterocycles. The van der Waals surface area contributed by atoms with E-state index in [4.69, 9.17) is 14.2 Å². The van der Waals surface area contributed by atoms with Crippen molar-refractivity contribution in [3.05, 3.63) is 53.1 Å². The van der Waals surface area contributed by atoms with Gasteiger partial charge in [-0.05, 0) is 48.2 Å². The molecule has 0 radical (unpaired) electrons. The van der Waals surface area contributed by atoms with E-state index in [0.717, 1.165) is 17.5 Å². The van der Waals surface area contributed by atoms with E-state index in [0.29, 0.717) is 24.7 Å². The Labute approximate surface area is 176 Å². The molecule has 3 rings (SSSR count). The van der Waals surface area contributed by atoms with Gasteiger partial charge in [-0.3, -0.25) is 4.79 Å². The fraction of sp³-hybridized carbons (Fsp3) is 0.391. The molecule has 7 heteroatoms. The Morgan fingerprint density at radius 1 is 1.10 bits per heavy atom. The number of hydrogen-bond donors (Lipinski definition) is 2. The van der Waals surface area contributed by atoms with Gasteiger partial charge in [0.15, 0.2) is 18.1 Å². The molecule has 160 valence electrons. The fourth-order valence-corrected chi connectivity index (χ4v) is 3.25. The molecule has 0 spiro atoms. The minimum absolute atomic E-state index is 0.0247. The van der Waals surface area contributed by atoms with Crippen molar-refractivity contribution in [1.82, 2.24) is 5.32 Å². The van der Waals surface area contributed by atoms with Gasteiger partial charge in [0.1, 0.15) is 11.3 Å². The summed E-state index contributed by atoms with van der Waals surface area (Å²) in [6.45, 7) is 6.53. The van der Waals surface area contributed by atoms with Gasteiger partial charge in [0.05, 0.1) is 19.3 Å². The van der Waals surface area contributed by atoms with Crippen molar-refractivity contribution in [2.45, 2.75) is 33.2 Å². The summed E-state index contributed by atoms with van der Waals surface area (Å²) in [7, 11) is 0. The second kappa shape index (κ2) is 9.52. The first-order chi connectivity index (χ1) is 14.3. The Morgan fingerprint density at radius 3 is 2.53 bits per heavy atom. The smallest absolute Gasteiger partial charge is 0.342 e. The molecule has 1 aliphatic heterocycles. The quantitative estimate of drug-likeness (QED) is 0.704. The molecule has 0 aromatic heterocycles. The monoisotopic (exact) mass is 413 g/mol. The minimum Gasteiger partial charge on any atom is -0.507 e. The summed E-state index contributed by atoms with van der Waals surface area (Å²) in [4.78, 5) is 24.6. The van der Waals surface area contributed by atoms with E-state index in [1.165, 1.54) is 12.1 Å². The number of hydrogen-bond acceptors (Lipinski definition) is 6. The first-order valence-corrected chi connectivity index (χ1v) is 10.0. The Bertz CT molecular complexity index is 924. The molecule has 2 aromatic rings. The summed E-state index contributed by atoms with van der Waals surface area (Å²) in [5, 5.41) is 12.8. The third-order valence-corrected chi connectivity index (χ3v) is 4.82. The van der Waals surface area contributed by atoms with E-state index in [2.05, 4.69) is 5.32 Å². The Hall–Kier alpha value is -3.22. The van der Waals surface area contributed by atoms with E-state index in [9.17, 15) is 14.7 Å². The first kappa shape index (κ1) is 21.5. The van der Waals surface area contributed by atoms with E-state index in [1.54, 1.807) is 13.0 Å². The fourth-order valence-electron chi connectivity index (χ4n) is 3.25. The van der Waals surface area contributed by atoms with Crippen LogP contribution in [0.25, 0.3) is 0 Å². The van der Waals surface area contributed by atoms with Crippen molar-refractivity contribution < 1.29 is 28.9 Å². The zero-order chi connectivity index (χ0) is 21.7. The molecular formula is C23H27NO6. The standard InChI is InChI=1S/C23H27NO6/c1-14(2)22(16-6-8-19-20(12-16)29-10-4-9-28-19)24-21(26)13-30-23(27)17-7-5-15(3)11-18(17)25/h5-8,11-12,14,22,25H,4,9-10,13H2,1-3H3,(H,24,26)/t22-/m0/s1. The van der Waals surface area contributed by atoms with Crippen LogP contribution in [0.5, 0.6) is 17.2 Å². The molecule has 0 unspecified atom stereocenters. The molecule has 0 fully saturated rings. The van der Waals surface area contributed by atoms with Gasteiger partial charge in [0, 0.05) is 6.42 Å². The number of aryl methyl sites for hydroxylation is 1. The average molecular weight is 413 g/mol. The molecule has 2 aromatic carbocycles. The SMILES string of the molecule is Cc1ccc(C(=O)OCC(=O)N[C@H](c2ccc3c(c2)OCCCO3)C(C)C)c(O)c1. The topological polar surface area (TPSA) is 94.1 Å². The highest BCUT2D eigenvalue weighted by Gasteiger charge is 2.22. The summed E-state index contributed by atoms with van der Waals surface area (Å²) in [6.07, 6.45) is 0.816. The van der Waals surface area contributed by atoms with Crippen molar-refractivity contribution in [3.63, 3.8) is 0 Å². The maximum absolute atomic E-state index is 12.4. The van der Waals surface area contributed by atoms with Crippen LogP contribution in [0.3, 0.4) is 0 Å². The summed E-state index contributed by atoms with van der Waals surface area (Å²) in [5.41, 5.74) is 1.72. The van der Waals surface area contributed by atoms with Gasteiger partial charge < -0.3 is 24.6 Å². The second-order valence-corrected chi connectivity index (χ2v) is 7.64. The lowest BCUT2D eigenvalue weighted by Crippen LogP contribution is -2.35. The van der Waals surface area contributed by atoms with Gasteiger partial charge in [-0.25, -0.2) is 4.79 Å². The number of carbonyl (C=O) groups is 2. The third-order valence-electron chi connectivity index (χ3n) is 4.82. The van der Waals surface area contributed by atoms with Crippen molar-refractivity contribution in [1.29, 1.82) is 0 Å². The average Bonchev–Trinajstić information content (AvgIpc) is 2.94. The molecule has 0 bridgehead atoms. The van der Waals surface area contributed by atoms with Crippen LogP contribution < -0.4 is 14.8 Å². The predicted molar refractivity (Wildman–Crippen MR) is 111 cm³/mol. The van der Waals surface area contributed by atoms with Crippen molar-refractivity contribution in [2.75, 3.05) is 19.8 Å². The number of aromatic hydroxyl groups is 1. The van der Waals surface area contributed by atoms with Crippen LogP contribution in [0.1, 0.15) is 47.8 Å². The van der Waals surface area contributed by atoms with E-state index >= 15 is 0 Å². The molecule has 0 saturated carbocycles. The van der Waals surface area contributed by atoms with Gasteiger partial charge in [0.2, 0.25) is 0 Å². The second-order valence-electron chi connectivity index (χ2n) is 7.64. The predicted octanol–water partition coefficient (Wildman–Crippen LogP) is 3.53. The van der Waals surface area contributed by atoms with Gasteiger partial charge in [-0.1, -0.05) is 26.0 Å². The highest BCUT2D eigenvalue weighted by Crippen LogP contribution is 2.34. The molecular weight excluding hydrogens is 386 g/mol. The molecule has 2 N–H and O–H groups in total. The summed E-state index contributed by atoms with van der Waals surface area (Å²) < 4.78 is 16.5. The van der Waals surface area contributed by atoms with Crippen LogP contribution in [-0.2, 0) is 9.53 Å². The van der Waals surface area contributed by atoms with Crippen molar-refractivity contribution >= 4 is 11.9 Å². The van der Waals surface area contributed by atoms with E-state index in [1.807, 2.05) is 32.0 Å². The van der Waals surface area contributed by atoms with Crippen molar-refractivity contribution in [3.8, 4) is 17.2 Å². The van der Waals surface area contributed by atoms with Gasteiger partial charge >= 0.3 is 5.97 Å². The van der Waals surface area contributed by atoms with Gasteiger partial charge in [-0.2, -0.15) is 0 Å². The summed E-state index contributed by atoms with van der Waals surface area (Å²) in [5.74, 6) is 0.0892. The number of phenols is 1. The summed E-state index contributed by atoms with van der Waals surface area (Å²) >= 11 is 0. The molecule has 1 heterocycles. The maximum atomic E-state index is 12.4. The molecule has 7 nitrogen and oxygen atoms in total.